The molecule has 0 bridgehead atoms. The van der Waals surface area contributed by atoms with E-state index >= 15 is 0 Å². The summed E-state index contributed by atoms with van der Waals surface area (Å²) in [6, 6.07) is 3.17. The van der Waals surface area contributed by atoms with Crippen molar-refractivity contribution < 1.29 is 14.7 Å². The molecule has 8 heteroatoms. The Bertz CT molecular complexity index is 585. The number of carbonyl (C=O) groups is 2. The number of anilines is 1. The lowest BCUT2D eigenvalue weighted by atomic mass is 10.2. The summed E-state index contributed by atoms with van der Waals surface area (Å²) >= 11 is 1.16. The molecule has 2 N–H and O–H groups in total. The van der Waals surface area contributed by atoms with Crippen LogP contribution in [0.25, 0.3) is 0 Å². The van der Waals surface area contributed by atoms with Crippen LogP contribution in [0.15, 0.2) is 24.5 Å². The van der Waals surface area contributed by atoms with Gasteiger partial charge in [-0.25, -0.2) is 0 Å². The number of aryl methyl sites for hydroxylation is 1. The highest BCUT2D eigenvalue weighted by Gasteiger charge is 2.10. The number of nitrogens with zero attached hydrogens (tertiary/aromatic N) is 3. The van der Waals surface area contributed by atoms with Crippen molar-refractivity contribution >= 4 is 28.3 Å². The molecule has 2 aromatic heterocycles. The summed E-state index contributed by atoms with van der Waals surface area (Å²) < 4.78 is 0. The van der Waals surface area contributed by atoms with E-state index in [1.54, 1.807) is 12.1 Å². The molecule has 1 amide bonds. The second-order valence-corrected chi connectivity index (χ2v) is 4.65. The number of carboxylic acid groups (broad SMARTS) is 1. The summed E-state index contributed by atoms with van der Waals surface area (Å²) in [5.74, 6) is -1.19. The van der Waals surface area contributed by atoms with Crippen molar-refractivity contribution in [3.05, 3.63) is 35.1 Å². The van der Waals surface area contributed by atoms with E-state index < -0.39 is 5.97 Å². The minimum Gasteiger partial charge on any atom is -0.481 e. The molecule has 0 aromatic carbocycles. The van der Waals surface area contributed by atoms with Crippen molar-refractivity contribution in [3.8, 4) is 0 Å². The first kappa shape index (κ1) is 13.1. The molecular weight excluding hydrogens is 268 g/mol. The van der Waals surface area contributed by atoms with E-state index in [4.69, 9.17) is 5.11 Å². The van der Waals surface area contributed by atoms with Gasteiger partial charge in [0.25, 0.3) is 5.91 Å². The summed E-state index contributed by atoms with van der Waals surface area (Å²) in [5, 5.41) is 19.7. The van der Waals surface area contributed by atoms with Gasteiger partial charge in [-0.3, -0.25) is 19.9 Å². The number of hydrogen-bond donors (Lipinski definition) is 2. The van der Waals surface area contributed by atoms with Gasteiger partial charge in [0.2, 0.25) is 5.13 Å². The molecule has 0 fully saturated rings. The summed E-state index contributed by atoms with van der Waals surface area (Å²) in [4.78, 5) is 26.0. The Kier molecular flexibility index (Phi) is 4.14. The molecule has 2 aromatic rings. The van der Waals surface area contributed by atoms with E-state index in [0.717, 1.165) is 11.3 Å². The fraction of sp³-hybridized carbons (Fsp3) is 0.182. The van der Waals surface area contributed by atoms with E-state index in [2.05, 4.69) is 20.5 Å². The normalized spacial score (nSPS) is 10.1. The Morgan fingerprint density at radius 1 is 1.26 bits per heavy atom. The van der Waals surface area contributed by atoms with Gasteiger partial charge in [-0.1, -0.05) is 11.3 Å². The maximum absolute atomic E-state index is 11.8. The largest absolute Gasteiger partial charge is 0.481 e. The first-order valence-electron chi connectivity index (χ1n) is 5.40. The Morgan fingerprint density at radius 3 is 2.68 bits per heavy atom. The van der Waals surface area contributed by atoms with Crippen LogP contribution in [0.1, 0.15) is 21.8 Å². The van der Waals surface area contributed by atoms with Gasteiger partial charge in [-0.05, 0) is 12.1 Å². The van der Waals surface area contributed by atoms with Crippen LogP contribution < -0.4 is 5.32 Å². The van der Waals surface area contributed by atoms with Gasteiger partial charge in [0.1, 0.15) is 5.01 Å². The molecular formula is C11H10N4O3S. The second-order valence-electron chi connectivity index (χ2n) is 3.58. The number of amides is 1. The summed E-state index contributed by atoms with van der Waals surface area (Å²) in [7, 11) is 0. The number of rotatable bonds is 5. The molecule has 0 aliphatic carbocycles. The van der Waals surface area contributed by atoms with Gasteiger partial charge in [0.05, 0.1) is 6.42 Å². The number of carbonyl (C=O) groups excluding carboxylic acids is 1. The van der Waals surface area contributed by atoms with Gasteiger partial charge in [-0.2, -0.15) is 0 Å². The molecule has 7 nitrogen and oxygen atoms in total. The Morgan fingerprint density at radius 2 is 2.00 bits per heavy atom. The Balaban J connectivity index is 1.96. The summed E-state index contributed by atoms with van der Waals surface area (Å²) in [6.07, 6.45) is 3.34. The Labute approximate surface area is 112 Å². The Hall–Kier alpha value is -2.35. The number of nitrogens with one attached hydrogen (secondary N) is 1. The first-order valence-corrected chi connectivity index (χ1v) is 6.22. The highest BCUT2D eigenvalue weighted by molar-refractivity contribution is 7.15. The van der Waals surface area contributed by atoms with Crippen LogP contribution in [0.3, 0.4) is 0 Å². The van der Waals surface area contributed by atoms with Crippen molar-refractivity contribution in [2.75, 3.05) is 5.32 Å². The monoisotopic (exact) mass is 278 g/mol. The number of aliphatic carboxylic acids is 1. The average Bonchev–Trinajstić information content (AvgIpc) is 2.85. The topological polar surface area (TPSA) is 105 Å². The molecule has 0 aliphatic rings. The predicted molar refractivity (Wildman–Crippen MR) is 68.1 cm³/mol. The zero-order valence-corrected chi connectivity index (χ0v) is 10.6. The highest BCUT2D eigenvalue weighted by atomic mass is 32.1. The van der Waals surface area contributed by atoms with Crippen LogP contribution in [-0.2, 0) is 11.2 Å². The van der Waals surface area contributed by atoms with Crippen molar-refractivity contribution in [2.24, 2.45) is 0 Å². The molecule has 19 heavy (non-hydrogen) atoms. The summed E-state index contributed by atoms with van der Waals surface area (Å²) in [5.41, 5.74) is 0.470. The fourth-order valence-electron chi connectivity index (χ4n) is 1.29. The molecule has 0 saturated heterocycles. The molecule has 0 saturated carbocycles. The molecule has 0 aliphatic heterocycles. The second kappa shape index (κ2) is 6.01. The minimum atomic E-state index is -0.891. The first-order chi connectivity index (χ1) is 9.15. The van der Waals surface area contributed by atoms with Crippen molar-refractivity contribution in [3.63, 3.8) is 0 Å². The van der Waals surface area contributed by atoms with Crippen LogP contribution in [-0.4, -0.2) is 32.2 Å². The van der Waals surface area contributed by atoms with Crippen LogP contribution in [0.5, 0.6) is 0 Å². The van der Waals surface area contributed by atoms with E-state index in [9.17, 15) is 9.59 Å². The standard InChI is InChI=1S/C11H10N4O3S/c16-9(17)2-1-8-14-15-11(19-8)13-10(18)7-3-5-12-6-4-7/h3-6H,1-2H2,(H,16,17)(H,13,15,18). The van der Waals surface area contributed by atoms with Crippen LogP contribution in [0.2, 0.25) is 0 Å². The lowest BCUT2D eigenvalue weighted by molar-refractivity contribution is -0.136. The van der Waals surface area contributed by atoms with Crippen LogP contribution in [0, 0.1) is 0 Å². The predicted octanol–water partition coefficient (Wildman–Crippen LogP) is 1.20. The molecule has 98 valence electrons. The van der Waals surface area contributed by atoms with E-state index in [1.807, 2.05) is 0 Å². The molecule has 0 radical (unpaired) electrons. The maximum Gasteiger partial charge on any atom is 0.303 e. The van der Waals surface area contributed by atoms with E-state index in [1.165, 1.54) is 12.4 Å². The molecule has 2 rings (SSSR count). The van der Waals surface area contributed by atoms with Gasteiger partial charge in [0.15, 0.2) is 0 Å². The summed E-state index contributed by atoms with van der Waals surface area (Å²) in [6.45, 7) is 0. The third kappa shape index (κ3) is 3.81. The van der Waals surface area contributed by atoms with Crippen molar-refractivity contribution in [1.82, 2.24) is 15.2 Å². The SMILES string of the molecule is O=C(O)CCc1nnc(NC(=O)c2ccncc2)s1. The van der Waals surface area contributed by atoms with Crippen molar-refractivity contribution in [2.45, 2.75) is 12.8 Å². The quantitative estimate of drug-likeness (QED) is 0.851. The zero-order chi connectivity index (χ0) is 13.7. The highest BCUT2D eigenvalue weighted by Crippen LogP contribution is 2.17. The van der Waals surface area contributed by atoms with Crippen LogP contribution in [0.4, 0.5) is 5.13 Å². The van der Waals surface area contributed by atoms with E-state index in [0.29, 0.717) is 22.1 Å². The number of aromatic nitrogens is 3. The smallest absolute Gasteiger partial charge is 0.303 e. The van der Waals surface area contributed by atoms with Gasteiger partial charge < -0.3 is 5.11 Å². The number of pyridine rings is 1. The maximum atomic E-state index is 11.8. The van der Waals surface area contributed by atoms with Gasteiger partial charge >= 0.3 is 5.97 Å². The van der Waals surface area contributed by atoms with Gasteiger partial charge in [-0.15, -0.1) is 10.2 Å². The number of hydrogen-bond acceptors (Lipinski definition) is 6. The number of carboxylic acids is 1. The zero-order valence-electron chi connectivity index (χ0n) is 9.74. The average molecular weight is 278 g/mol. The third-order valence-electron chi connectivity index (χ3n) is 2.18. The fourth-order valence-corrected chi connectivity index (χ4v) is 2.03. The molecule has 0 atom stereocenters. The molecule has 2 heterocycles. The van der Waals surface area contributed by atoms with E-state index in [-0.39, 0.29) is 12.3 Å². The van der Waals surface area contributed by atoms with Crippen LogP contribution >= 0.6 is 11.3 Å². The van der Waals surface area contributed by atoms with Crippen molar-refractivity contribution in [1.29, 1.82) is 0 Å². The molecule has 0 spiro atoms. The third-order valence-corrected chi connectivity index (χ3v) is 3.08. The molecule has 0 unspecified atom stereocenters. The lowest BCUT2D eigenvalue weighted by Crippen LogP contribution is -2.11. The lowest BCUT2D eigenvalue weighted by Gasteiger charge is -1.99. The van der Waals surface area contributed by atoms with Gasteiger partial charge in [0, 0.05) is 24.4 Å². The minimum absolute atomic E-state index is 0.00701.